The van der Waals surface area contributed by atoms with Gasteiger partial charge in [0.15, 0.2) is 5.82 Å². The van der Waals surface area contributed by atoms with Gasteiger partial charge in [0.25, 0.3) is 0 Å². The van der Waals surface area contributed by atoms with Gasteiger partial charge in [0.1, 0.15) is 5.58 Å². The maximum atomic E-state index is 6.61. The summed E-state index contributed by atoms with van der Waals surface area (Å²) in [4.78, 5) is 10.6. The molecule has 11 rings (SSSR count). The van der Waals surface area contributed by atoms with Gasteiger partial charge >= 0.3 is 0 Å². The van der Waals surface area contributed by atoms with Crippen molar-refractivity contribution in [3.05, 3.63) is 206 Å². The molecule has 0 aliphatic carbocycles. The Balaban J connectivity index is 1.06. The predicted molar refractivity (Wildman–Crippen MR) is 237 cm³/mol. The van der Waals surface area contributed by atoms with Crippen LogP contribution in [0.15, 0.2) is 211 Å². The minimum absolute atomic E-state index is 0.578. The van der Waals surface area contributed by atoms with Crippen LogP contribution in [0.1, 0.15) is 0 Å². The van der Waals surface area contributed by atoms with Gasteiger partial charge in [0, 0.05) is 16.5 Å². The molecule has 266 valence electrons. The van der Waals surface area contributed by atoms with Crippen LogP contribution in [-0.4, -0.2) is 9.97 Å². The summed E-state index contributed by atoms with van der Waals surface area (Å²) in [5.74, 6) is 0.620. The summed E-state index contributed by atoms with van der Waals surface area (Å²) in [6, 6.07) is 73.0. The highest BCUT2D eigenvalue weighted by Crippen LogP contribution is 2.42. The zero-order chi connectivity index (χ0) is 37.7. The Labute approximate surface area is 330 Å². The number of benzene rings is 9. The van der Waals surface area contributed by atoms with Crippen molar-refractivity contribution >= 4 is 43.6 Å². The number of nitrogens with zero attached hydrogens (tertiary/aromatic N) is 2. The van der Waals surface area contributed by atoms with E-state index in [9.17, 15) is 0 Å². The Morgan fingerprint density at radius 2 is 0.789 bits per heavy atom. The molecule has 0 saturated heterocycles. The highest BCUT2D eigenvalue weighted by atomic mass is 16.3. The minimum atomic E-state index is 0.578. The molecule has 57 heavy (non-hydrogen) atoms. The second kappa shape index (κ2) is 13.6. The van der Waals surface area contributed by atoms with Gasteiger partial charge in [0.05, 0.1) is 11.1 Å². The van der Waals surface area contributed by atoms with Crippen LogP contribution in [-0.2, 0) is 0 Å². The zero-order valence-corrected chi connectivity index (χ0v) is 30.9. The molecule has 0 N–H and O–H groups in total. The summed E-state index contributed by atoms with van der Waals surface area (Å²) in [6.45, 7) is 0. The molecule has 0 radical (unpaired) electrons. The van der Waals surface area contributed by atoms with Crippen LogP contribution in [0.2, 0.25) is 0 Å². The van der Waals surface area contributed by atoms with Crippen molar-refractivity contribution in [3.8, 4) is 67.2 Å². The molecule has 0 aliphatic rings. The summed E-state index contributed by atoms with van der Waals surface area (Å²) < 4.78 is 6.61. The van der Waals surface area contributed by atoms with Crippen LogP contribution in [0.4, 0.5) is 0 Å². The van der Waals surface area contributed by atoms with Crippen LogP contribution in [0.25, 0.3) is 111 Å². The van der Waals surface area contributed by atoms with Gasteiger partial charge in [-0.25, -0.2) is 4.98 Å². The molecule has 0 aliphatic heterocycles. The molecule has 0 saturated carbocycles. The van der Waals surface area contributed by atoms with E-state index in [0.29, 0.717) is 11.5 Å². The fraction of sp³-hybridized carbons (Fsp3) is 0. The van der Waals surface area contributed by atoms with Crippen molar-refractivity contribution in [1.82, 2.24) is 9.97 Å². The summed E-state index contributed by atoms with van der Waals surface area (Å²) >= 11 is 0. The van der Waals surface area contributed by atoms with Crippen molar-refractivity contribution in [2.45, 2.75) is 0 Å². The van der Waals surface area contributed by atoms with E-state index in [0.717, 1.165) is 71.4 Å². The SMILES string of the molecule is c1ccc(-c2cc(-c3ccccc3)cc(-c3cccc(-c4cccc(-c5nc(-c6cccc7ccccc67)c6c(n5)oc5ccc7ccccc7c56)c4)c3)c2)cc1. The van der Waals surface area contributed by atoms with E-state index < -0.39 is 0 Å². The fourth-order valence-corrected chi connectivity index (χ4v) is 8.30. The summed E-state index contributed by atoms with van der Waals surface area (Å²) in [5.41, 5.74) is 13.5. The van der Waals surface area contributed by atoms with Crippen molar-refractivity contribution in [3.63, 3.8) is 0 Å². The molecule has 0 bridgehead atoms. The van der Waals surface area contributed by atoms with E-state index in [1.165, 1.54) is 27.8 Å². The summed E-state index contributed by atoms with van der Waals surface area (Å²) in [5, 5.41) is 6.54. The second-order valence-corrected chi connectivity index (χ2v) is 14.6. The molecule has 0 atom stereocenters. The van der Waals surface area contributed by atoms with Gasteiger partial charge in [0.2, 0.25) is 5.71 Å². The highest BCUT2D eigenvalue weighted by molar-refractivity contribution is 6.22. The summed E-state index contributed by atoms with van der Waals surface area (Å²) in [6.07, 6.45) is 0. The number of aromatic nitrogens is 2. The normalized spacial score (nSPS) is 11.5. The average Bonchev–Trinajstić information content (AvgIpc) is 3.68. The van der Waals surface area contributed by atoms with Gasteiger partial charge in [-0.2, -0.15) is 4.98 Å². The molecule has 2 heterocycles. The molecule has 2 aromatic heterocycles. The Morgan fingerprint density at radius 3 is 1.47 bits per heavy atom. The number of fused-ring (bicyclic) bond motifs is 6. The minimum Gasteiger partial charge on any atom is -0.438 e. The Hall–Kier alpha value is -7.62. The first kappa shape index (κ1) is 32.8. The standard InChI is InChI=1S/C54H34N2O/c1-3-14-35(15-4-1)43-32-44(36-16-5-2-6-17-36)34-45(33-43)41-23-11-21-39(30-41)40-22-12-24-42(31-40)53-55-52(48-27-13-20-37-18-7-9-25-46(37)48)51-50-47-26-10-8-19-38(47)28-29-49(50)57-54(51)56-53/h1-34H. The lowest BCUT2D eigenvalue weighted by molar-refractivity contribution is 0.654. The Kier molecular flexibility index (Phi) is 7.82. The lowest BCUT2D eigenvalue weighted by Crippen LogP contribution is -1.95. The number of rotatable bonds is 6. The molecule has 0 unspecified atom stereocenters. The van der Waals surface area contributed by atoms with Crippen LogP contribution in [0.5, 0.6) is 0 Å². The number of hydrogen-bond acceptors (Lipinski definition) is 3. The first-order valence-corrected chi connectivity index (χ1v) is 19.3. The van der Waals surface area contributed by atoms with Crippen LogP contribution < -0.4 is 0 Å². The predicted octanol–water partition coefficient (Wildman–Crippen LogP) is 14.7. The third-order valence-corrected chi connectivity index (χ3v) is 11.1. The maximum absolute atomic E-state index is 6.61. The first-order valence-electron chi connectivity index (χ1n) is 19.3. The van der Waals surface area contributed by atoms with Gasteiger partial charge in [-0.3, -0.25) is 0 Å². The van der Waals surface area contributed by atoms with Crippen LogP contribution in [0.3, 0.4) is 0 Å². The third kappa shape index (κ3) is 5.85. The fourth-order valence-electron chi connectivity index (χ4n) is 8.30. The molecular weight excluding hydrogens is 693 g/mol. The molecule has 0 amide bonds. The van der Waals surface area contributed by atoms with Gasteiger partial charge in [-0.15, -0.1) is 0 Å². The molecule has 0 spiro atoms. The Bertz CT molecular complexity index is 3230. The largest absolute Gasteiger partial charge is 0.438 e. The van der Waals surface area contributed by atoms with E-state index in [4.69, 9.17) is 14.4 Å². The van der Waals surface area contributed by atoms with E-state index in [1.54, 1.807) is 0 Å². The van der Waals surface area contributed by atoms with Crippen molar-refractivity contribution in [2.24, 2.45) is 0 Å². The van der Waals surface area contributed by atoms with E-state index >= 15 is 0 Å². The number of furan rings is 1. The smallest absolute Gasteiger partial charge is 0.231 e. The van der Waals surface area contributed by atoms with Crippen molar-refractivity contribution in [1.29, 1.82) is 0 Å². The van der Waals surface area contributed by atoms with Crippen molar-refractivity contribution in [2.75, 3.05) is 0 Å². The van der Waals surface area contributed by atoms with Gasteiger partial charge < -0.3 is 4.42 Å². The molecule has 0 fully saturated rings. The molecule has 3 heteroatoms. The van der Waals surface area contributed by atoms with Crippen molar-refractivity contribution < 1.29 is 4.42 Å². The van der Waals surface area contributed by atoms with Crippen LogP contribution in [0, 0.1) is 0 Å². The van der Waals surface area contributed by atoms with E-state index in [-0.39, 0.29) is 0 Å². The van der Waals surface area contributed by atoms with Gasteiger partial charge in [-0.1, -0.05) is 170 Å². The monoisotopic (exact) mass is 726 g/mol. The molecular formula is C54H34N2O. The average molecular weight is 727 g/mol. The Morgan fingerprint density at radius 1 is 0.316 bits per heavy atom. The molecule has 9 aromatic carbocycles. The van der Waals surface area contributed by atoms with Crippen LogP contribution >= 0.6 is 0 Å². The third-order valence-electron chi connectivity index (χ3n) is 11.1. The molecule has 3 nitrogen and oxygen atoms in total. The maximum Gasteiger partial charge on any atom is 0.231 e. The van der Waals surface area contributed by atoms with Gasteiger partial charge in [-0.05, 0) is 102 Å². The zero-order valence-electron chi connectivity index (χ0n) is 30.9. The highest BCUT2D eigenvalue weighted by Gasteiger charge is 2.21. The van der Waals surface area contributed by atoms with E-state index in [2.05, 4.69) is 206 Å². The quantitative estimate of drug-likeness (QED) is 0.171. The number of hydrogen-bond donors (Lipinski definition) is 0. The molecule has 11 aromatic rings. The topological polar surface area (TPSA) is 38.9 Å². The lowest BCUT2D eigenvalue weighted by atomic mass is 9.92. The first-order chi connectivity index (χ1) is 28.2. The second-order valence-electron chi connectivity index (χ2n) is 14.6. The lowest BCUT2D eigenvalue weighted by Gasteiger charge is -2.13. The van der Waals surface area contributed by atoms with E-state index in [1.807, 2.05) is 0 Å². The summed E-state index contributed by atoms with van der Waals surface area (Å²) in [7, 11) is 0.